The fourth-order valence-electron chi connectivity index (χ4n) is 1.99. The molecule has 0 aliphatic carbocycles. The van der Waals surface area contributed by atoms with Gasteiger partial charge in [0.25, 0.3) is 11.5 Å². The fraction of sp³-hybridized carbons (Fsp3) is 0.250. The second-order valence-electron chi connectivity index (χ2n) is 4.60. The van der Waals surface area contributed by atoms with E-state index in [4.69, 9.17) is 9.47 Å². The average molecular weight is 318 g/mol. The third-order valence-electron chi connectivity index (χ3n) is 2.89. The third-order valence-corrected chi connectivity index (χ3v) is 2.89. The molecule has 0 saturated heterocycles. The molecule has 1 aromatic carbocycles. The first-order chi connectivity index (χ1) is 11.0. The van der Waals surface area contributed by atoms with Crippen LogP contribution in [0.1, 0.15) is 24.2 Å². The van der Waals surface area contributed by atoms with Crippen molar-refractivity contribution in [2.45, 2.75) is 13.8 Å². The van der Waals surface area contributed by atoms with Crippen LogP contribution in [0.25, 0.3) is 0 Å². The van der Waals surface area contributed by atoms with E-state index in [1.54, 1.807) is 18.2 Å². The lowest BCUT2D eigenvalue weighted by Crippen LogP contribution is -2.16. The van der Waals surface area contributed by atoms with Gasteiger partial charge < -0.3 is 19.9 Å². The topological polar surface area (TPSA) is 101 Å². The zero-order valence-corrected chi connectivity index (χ0v) is 12.9. The number of carbonyl (C=O) groups is 1. The summed E-state index contributed by atoms with van der Waals surface area (Å²) in [6.07, 6.45) is 0. The predicted molar refractivity (Wildman–Crippen MR) is 85.5 cm³/mol. The summed E-state index contributed by atoms with van der Waals surface area (Å²) < 4.78 is 10.9. The molecule has 7 nitrogen and oxygen atoms in total. The number of hydrogen-bond acceptors (Lipinski definition) is 5. The highest BCUT2D eigenvalue weighted by Crippen LogP contribution is 2.30. The number of H-pyrrole nitrogens is 1. The lowest BCUT2D eigenvalue weighted by atomic mass is 10.2. The highest BCUT2D eigenvalue weighted by atomic mass is 16.5. The van der Waals surface area contributed by atoms with Crippen LogP contribution >= 0.6 is 0 Å². The van der Waals surface area contributed by atoms with Gasteiger partial charge in [0.1, 0.15) is 0 Å². The molecule has 0 spiro atoms. The van der Waals surface area contributed by atoms with E-state index in [1.165, 1.54) is 6.07 Å². The number of aromatic amines is 1. The quantitative estimate of drug-likeness (QED) is 0.757. The van der Waals surface area contributed by atoms with Crippen LogP contribution in [0.4, 0.5) is 5.69 Å². The van der Waals surface area contributed by atoms with Crippen LogP contribution in [0, 0.1) is 0 Å². The molecule has 0 radical (unpaired) electrons. The summed E-state index contributed by atoms with van der Waals surface area (Å²) in [5.41, 5.74) is -0.0170. The summed E-state index contributed by atoms with van der Waals surface area (Å²) in [4.78, 5) is 25.6. The Bertz CT molecular complexity index is 754. The lowest BCUT2D eigenvalue weighted by molar-refractivity contribution is 0.102. The molecule has 2 rings (SSSR count). The van der Waals surface area contributed by atoms with Gasteiger partial charge in [-0.15, -0.1) is 0 Å². The monoisotopic (exact) mass is 318 g/mol. The van der Waals surface area contributed by atoms with E-state index >= 15 is 0 Å². The molecule has 0 aliphatic heterocycles. The zero-order valence-electron chi connectivity index (χ0n) is 12.9. The van der Waals surface area contributed by atoms with Crippen molar-refractivity contribution in [3.63, 3.8) is 0 Å². The second kappa shape index (κ2) is 7.35. The minimum atomic E-state index is -0.558. The van der Waals surface area contributed by atoms with E-state index in [1.807, 2.05) is 13.8 Å². The Morgan fingerprint density at radius 3 is 2.48 bits per heavy atom. The Kier molecular flexibility index (Phi) is 5.24. The Morgan fingerprint density at radius 1 is 1.13 bits per heavy atom. The third kappa shape index (κ3) is 4.26. The Balaban J connectivity index is 2.23. The number of ether oxygens (including phenoxy) is 2. The molecule has 122 valence electrons. The van der Waals surface area contributed by atoms with Gasteiger partial charge in [-0.2, -0.15) is 0 Å². The number of amides is 1. The van der Waals surface area contributed by atoms with E-state index in [0.29, 0.717) is 30.4 Å². The van der Waals surface area contributed by atoms with Crippen LogP contribution in [-0.2, 0) is 0 Å². The number of anilines is 1. The number of hydrogen-bond donors (Lipinski definition) is 3. The largest absolute Gasteiger partial charge is 0.494 e. The van der Waals surface area contributed by atoms with Gasteiger partial charge in [0.2, 0.25) is 0 Å². The maximum Gasteiger partial charge on any atom is 0.256 e. The molecule has 1 amide bonds. The minimum Gasteiger partial charge on any atom is -0.494 e. The van der Waals surface area contributed by atoms with Crippen molar-refractivity contribution in [1.82, 2.24) is 4.98 Å². The van der Waals surface area contributed by atoms with Gasteiger partial charge in [0.05, 0.1) is 18.8 Å². The SMILES string of the molecule is CCOc1ccc(NC(=O)c2cc(O)[nH]c(=O)c2)cc1OCC. The summed E-state index contributed by atoms with van der Waals surface area (Å²) in [5, 5.41) is 12.0. The van der Waals surface area contributed by atoms with E-state index in [2.05, 4.69) is 10.3 Å². The van der Waals surface area contributed by atoms with Gasteiger partial charge >= 0.3 is 0 Å². The van der Waals surface area contributed by atoms with Gasteiger partial charge in [0.15, 0.2) is 17.4 Å². The van der Waals surface area contributed by atoms with Gasteiger partial charge in [-0.05, 0) is 26.0 Å². The first-order valence-corrected chi connectivity index (χ1v) is 7.17. The van der Waals surface area contributed by atoms with Crippen molar-refractivity contribution in [3.8, 4) is 17.4 Å². The van der Waals surface area contributed by atoms with E-state index < -0.39 is 11.5 Å². The second-order valence-corrected chi connectivity index (χ2v) is 4.60. The highest BCUT2D eigenvalue weighted by molar-refractivity contribution is 6.04. The van der Waals surface area contributed by atoms with Crippen molar-refractivity contribution in [2.24, 2.45) is 0 Å². The molecule has 0 saturated carbocycles. The summed E-state index contributed by atoms with van der Waals surface area (Å²) in [6.45, 7) is 4.67. The zero-order chi connectivity index (χ0) is 16.8. The molecular formula is C16H18N2O5. The molecule has 1 aromatic heterocycles. The van der Waals surface area contributed by atoms with Crippen LogP contribution in [0.2, 0.25) is 0 Å². The summed E-state index contributed by atoms with van der Waals surface area (Å²) >= 11 is 0. The highest BCUT2D eigenvalue weighted by Gasteiger charge is 2.11. The molecule has 0 bridgehead atoms. The number of carbonyl (C=O) groups excluding carboxylic acids is 1. The van der Waals surface area contributed by atoms with Crippen LogP contribution in [0.5, 0.6) is 17.4 Å². The van der Waals surface area contributed by atoms with E-state index in [-0.39, 0.29) is 11.4 Å². The number of rotatable bonds is 6. The molecule has 7 heteroatoms. The molecule has 0 fully saturated rings. The molecule has 0 unspecified atom stereocenters. The molecule has 1 heterocycles. The molecule has 0 atom stereocenters. The molecule has 2 aromatic rings. The van der Waals surface area contributed by atoms with Crippen LogP contribution in [0.15, 0.2) is 35.1 Å². The number of nitrogens with one attached hydrogen (secondary N) is 2. The molecule has 23 heavy (non-hydrogen) atoms. The van der Waals surface area contributed by atoms with Crippen molar-refractivity contribution in [3.05, 3.63) is 46.2 Å². The van der Waals surface area contributed by atoms with Crippen molar-refractivity contribution in [1.29, 1.82) is 0 Å². The lowest BCUT2D eigenvalue weighted by Gasteiger charge is -2.13. The van der Waals surface area contributed by atoms with Gasteiger partial charge in [-0.1, -0.05) is 0 Å². The smallest absolute Gasteiger partial charge is 0.256 e. The maximum atomic E-state index is 12.2. The van der Waals surface area contributed by atoms with Crippen LogP contribution in [-0.4, -0.2) is 29.2 Å². The first kappa shape index (κ1) is 16.4. The minimum absolute atomic E-state index is 0.0538. The molecule has 3 N–H and O–H groups in total. The number of aromatic hydroxyl groups is 1. The van der Waals surface area contributed by atoms with E-state index in [9.17, 15) is 14.7 Å². The first-order valence-electron chi connectivity index (χ1n) is 7.17. The fourth-order valence-corrected chi connectivity index (χ4v) is 1.99. The normalized spacial score (nSPS) is 10.2. The molecular weight excluding hydrogens is 300 g/mol. The Morgan fingerprint density at radius 2 is 1.83 bits per heavy atom. The van der Waals surface area contributed by atoms with Gasteiger partial charge in [-0.3, -0.25) is 14.6 Å². The van der Waals surface area contributed by atoms with Crippen molar-refractivity contribution >= 4 is 11.6 Å². The summed E-state index contributed by atoms with van der Waals surface area (Å²) in [5.74, 6) is 0.212. The van der Waals surface area contributed by atoms with Crippen LogP contribution < -0.4 is 20.3 Å². The van der Waals surface area contributed by atoms with Crippen molar-refractivity contribution in [2.75, 3.05) is 18.5 Å². The number of benzene rings is 1. The molecule has 0 aliphatic rings. The van der Waals surface area contributed by atoms with E-state index in [0.717, 1.165) is 6.07 Å². The summed E-state index contributed by atoms with van der Waals surface area (Å²) in [6, 6.07) is 7.28. The maximum absolute atomic E-state index is 12.2. The average Bonchev–Trinajstić information content (AvgIpc) is 2.49. The van der Waals surface area contributed by atoms with Gasteiger partial charge in [0, 0.05) is 23.9 Å². The standard InChI is InChI=1S/C16H18N2O5/c1-3-22-12-6-5-11(9-13(12)23-4-2)17-16(21)10-7-14(19)18-15(20)8-10/h5-9H,3-4H2,1-2H3,(H,17,21)(H2,18,19,20). The number of pyridine rings is 1. The predicted octanol–water partition coefficient (Wildman–Crippen LogP) is 2.13. The summed E-state index contributed by atoms with van der Waals surface area (Å²) in [7, 11) is 0. The number of aromatic nitrogens is 1. The van der Waals surface area contributed by atoms with Gasteiger partial charge in [-0.25, -0.2) is 0 Å². The van der Waals surface area contributed by atoms with Crippen molar-refractivity contribution < 1.29 is 19.4 Å². The Hall–Kier alpha value is -2.96. The Labute approximate surface area is 132 Å². The van der Waals surface area contributed by atoms with Crippen LogP contribution in [0.3, 0.4) is 0 Å².